The summed E-state index contributed by atoms with van der Waals surface area (Å²) in [6, 6.07) is 40.4. The Balaban J connectivity index is 1.21. The Labute approximate surface area is 360 Å². The smallest absolute Gasteiger partial charge is 0.306 e. The number of ether oxygens (including phenoxy) is 5. The molecule has 1 amide bonds. The van der Waals surface area contributed by atoms with Crippen molar-refractivity contribution in [2.75, 3.05) is 19.8 Å². The number of nitrogens with zero attached hydrogens (tertiary/aromatic N) is 1. The standard InChI is InChI=1S/C48H52BrN3O8/c1-47(2,3)60-43(54)25-27-48(44(37-16-20-39(49)21-17-37)59-45(51-48)38-18-22-40(23-19-38)56-30-10-29-53)46(55)52-50-28-26-34-15-24-41(57-32-35-11-6-4-7-12-35)42(31-34)58-33-36-13-8-5-9-14-36/h4-9,11-24,31,44,50,53H,10,25-30,32-33H2,1-3H3,(H,52,55)/t44-,48-/m0/s1. The number of esters is 1. The molecule has 1 aliphatic heterocycles. The number of aliphatic hydroxyl groups excluding tert-OH is 1. The highest BCUT2D eigenvalue weighted by atomic mass is 79.9. The number of rotatable bonds is 20. The van der Waals surface area contributed by atoms with Gasteiger partial charge in [-0.05, 0) is 104 Å². The second-order valence-corrected chi connectivity index (χ2v) is 16.3. The summed E-state index contributed by atoms with van der Waals surface area (Å²) in [5, 5.41) is 9.14. The highest BCUT2D eigenvalue weighted by molar-refractivity contribution is 9.10. The zero-order valence-electron chi connectivity index (χ0n) is 34.2. The molecule has 1 aliphatic rings. The van der Waals surface area contributed by atoms with E-state index in [1.807, 2.05) is 115 Å². The van der Waals surface area contributed by atoms with Gasteiger partial charge in [-0.1, -0.05) is 94.8 Å². The number of carbonyl (C=O) groups is 2. The van der Waals surface area contributed by atoms with Crippen LogP contribution in [0.2, 0.25) is 0 Å². The molecule has 1 heterocycles. The van der Waals surface area contributed by atoms with Crippen LogP contribution < -0.4 is 25.1 Å². The van der Waals surface area contributed by atoms with E-state index in [2.05, 4.69) is 26.8 Å². The highest BCUT2D eigenvalue weighted by Gasteiger charge is 2.53. The minimum Gasteiger partial charge on any atom is -0.494 e. The summed E-state index contributed by atoms with van der Waals surface area (Å²) >= 11 is 3.51. The third-order valence-corrected chi connectivity index (χ3v) is 10.1. The fourth-order valence-corrected chi connectivity index (χ4v) is 6.83. The van der Waals surface area contributed by atoms with Gasteiger partial charge in [-0.2, -0.15) is 0 Å². The number of aliphatic imine (C=N–C) groups is 1. The maximum atomic E-state index is 14.6. The van der Waals surface area contributed by atoms with Crippen LogP contribution in [0.3, 0.4) is 0 Å². The number of benzene rings is 5. The van der Waals surface area contributed by atoms with E-state index in [9.17, 15) is 9.59 Å². The molecule has 0 spiro atoms. The predicted molar refractivity (Wildman–Crippen MR) is 234 cm³/mol. The van der Waals surface area contributed by atoms with Crippen LogP contribution in [-0.2, 0) is 38.7 Å². The fraction of sp³-hybridized carbons (Fsp3) is 0.312. The summed E-state index contributed by atoms with van der Waals surface area (Å²) in [7, 11) is 0. The molecule has 3 N–H and O–H groups in total. The van der Waals surface area contributed by atoms with Gasteiger partial charge >= 0.3 is 5.97 Å². The summed E-state index contributed by atoms with van der Waals surface area (Å²) in [4.78, 5) is 32.8. The van der Waals surface area contributed by atoms with E-state index in [-0.39, 0.29) is 25.3 Å². The molecule has 0 fully saturated rings. The Morgan fingerprint density at radius 1 is 0.800 bits per heavy atom. The quantitative estimate of drug-likeness (QED) is 0.0399. The molecule has 0 aromatic heterocycles. The molecular formula is C48H52BrN3O8. The normalized spacial score (nSPS) is 16.0. The van der Waals surface area contributed by atoms with Gasteiger partial charge in [0.25, 0.3) is 5.91 Å². The van der Waals surface area contributed by atoms with Crippen LogP contribution >= 0.6 is 15.9 Å². The number of hydrazine groups is 1. The van der Waals surface area contributed by atoms with E-state index in [4.69, 9.17) is 33.8 Å². The van der Waals surface area contributed by atoms with Crippen LogP contribution in [0.15, 0.2) is 137 Å². The average molecular weight is 879 g/mol. The first-order valence-electron chi connectivity index (χ1n) is 20.1. The van der Waals surface area contributed by atoms with Gasteiger partial charge in [-0.3, -0.25) is 15.0 Å². The SMILES string of the molecule is CC(C)(C)OC(=O)CC[C@]1(C(=O)NNCCc2ccc(OCc3ccccc3)c(OCc3ccccc3)c2)N=C(c2ccc(OCCCO)cc2)O[C@H]1c1ccc(Br)cc1. The fourth-order valence-electron chi connectivity index (χ4n) is 6.56. The summed E-state index contributed by atoms with van der Waals surface area (Å²) in [6.07, 6.45) is 0.100. The molecule has 5 aromatic rings. The van der Waals surface area contributed by atoms with Crippen LogP contribution in [0.4, 0.5) is 0 Å². The first kappa shape index (κ1) is 43.9. The zero-order chi connectivity index (χ0) is 42.4. The van der Waals surface area contributed by atoms with Crippen molar-refractivity contribution in [2.24, 2.45) is 4.99 Å². The van der Waals surface area contributed by atoms with Crippen LogP contribution in [0.25, 0.3) is 0 Å². The van der Waals surface area contributed by atoms with Gasteiger partial charge in [0.05, 0.1) is 6.61 Å². The van der Waals surface area contributed by atoms with Crippen molar-refractivity contribution < 1.29 is 38.4 Å². The van der Waals surface area contributed by atoms with Crippen molar-refractivity contribution in [1.29, 1.82) is 0 Å². The van der Waals surface area contributed by atoms with E-state index in [0.717, 1.165) is 21.2 Å². The molecule has 0 saturated heterocycles. The lowest BCUT2D eigenvalue weighted by Gasteiger charge is -2.31. The number of amides is 1. The molecule has 12 heteroatoms. The zero-order valence-corrected chi connectivity index (χ0v) is 35.8. The molecular weight excluding hydrogens is 826 g/mol. The molecule has 0 bridgehead atoms. The van der Waals surface area contributed by atoms with Crippen molar-refractivity contribution in [2.45, 2.75) is 76.9 Å². The van der Waals surface area contributed by atoms with Crippen LogP contribution in [0.1, 0.15) is 74.0 Å². The van der Waals surface area contributed by atoms with Gasteiger partial charge in [-0.15, -0.1) is 0 Å². The molecule has 0 aliphatic carbocycles. The molecule has 0 saturated carbocycles. The first-order valence-corrected chi connectivity index (χ1v) is 20.9. The van der Waals surface area contributed by atoms with Crippen molar-refractivity contribution in [3.05, 3.63) is 160 Å². The first-order chi connectivity index (χ1) is 29.0. The topological polar surface area (TPSA) is 137 Å². The second kappa shape index (κ2) is 21.0. The Morgan fingerprint density at radius 2 is 1.45 bits per heavy atom. The average Bonchev–Trinajstić information content (AvgIpc) is 3.65. The third-order valence-electron chi connectivity index (χ3n) is 9.56. The van der Waals surface area contributed by atoms with E-state index >= 15 is 0 Å². The van der Waals surface area contributed by atoms with Crippen molar-refractivity contribution in [3.8, 4) is 17.2 Å². The summed E-state index contributed by atoms with van der Waals surface area (Å²) < 4.78 is 31.3. The Kier molecular flexibility index (Phi) is 15.4. The van der Waals surface area contributed by atoms with Crippen LogP contribution in [0, 0.1) is 0 Å². The highest BCUT2D eigenvalue weighted by Crippen LogP contribution is 2.43. The Bertz CT molecular complexity index is 2180. The molecule has 60 heavy (non-hydrogen) atoms. The number of carbonyl (C=O) groups excluding carboxylic acids is 2. The van der Waals surface area contributed by atoms with E-state index < -0.39 is 29.1 Å². The van der Waals surface area contributed by atoms with Gasteiger partial charge in [0, 0.05) is 36.0 Å². The molecule has 314 valence electrons. The van der Waals surface area contributed by atoms with Crippen molar-refractivity contribution in [3.63, 3.8) is 0 Å². The van der Waals surface area contributed by atoms with Crippen molar-refractivity contribution in [1.82, 2.24) is 10.9 Å². The lowest BCUT2D eigenvalue weighted by molar-refractivity contribution is -0.155. The third kappa shape index (κ3) is 12.4. The second-order valence-electron chi connectivity index (χ2n) is 15.4. The molecule has 6 rings (SSSR count). The minimum absolute atomic E-state index is 0.00850. The maximum Gasteiger partial charge on any atom is 0.306 e. The monoisotopic (exact) mass is 877 g/mol. The summed E-state index contributed by atoms with van der Waals surface area (Å²) in [6.45, 7) is 6.95. The molecule has 11 nitrogen and oxygen atoms in total. The van der Waals surface area contributed by atoms with Gasteiger partial charge < -0.3 is 28.8 Å². The number of nitrogens with one attached hydrogen (secondary N) is 2. The van der Waals surface area contributed by atoms with E-state index in [0.29, 0.717) is 67.6 Å². The largest absolute Gasteiger partial charge is 0.494 e. The van der Waals surface area contributed by atoms with E-state index in [1.165, 1.54) is 0 Å². The van der Waals surface area contributed by atoms with Gasteiger partial charge in [0.2, 0.25) is 5.90 Å². The maximum absolute atomic E-state index is 14.6. The molecule has 0 radical (unpaired) electrons. The van der Waals surface area contributed by atoms with Gasteiger partial charge in [0.1, 0.15) is 24.6 Å². The number of halogens is 1. The summed E-state index contributed by atoms with van der Waals surface area (Å²) in [5.41, 5.74) is 8.14. The van der Waals surface area contributed by atoms with Gasteiger partial charge in [-0.25, -0.2) is 10.4 Å². The molecule has 2 atom stereocenters. The lowest BCUT2D eigenvalue weighted by atomic mass is 9.83. The van der Waals surface area contributed by atoms with Gasteiger partial charge in [0.15, 0.2) is 23.1 Å². The Hall–Kier alpha value is -5.69. The number of aliphatic hydroxyl groups is 1. The van der Waals surface area contributed by atoms with Crippen LogP contribution in [-0.4, -0.2) is 53.8 Å². The number of hydrogen-bond donors (Lipinski definition) is 3. The minimum atomic E-state index is -1.56. The molecule has 5 aromatic carbocycles. The lowest BCUT2D eigenvalue weighted by Crippen LogP contribution is -2.53. The molecule has 0 unspecified atom stereocenters. The van der Waals surface area contributed by atoms with Crippen LogP contribution in [0.5, 0.6) is 17.2 Å². The van der Waals surface area contributed by atoms with Crippen molar-refractivity contribution >= 4 is 33.7 Å². The number of hydrogen-bond acceptors (Lipinski definition) is 10. The predicted octanol–water partition coefficient (Wildman–Crippen LogP) is 8.61. The van der Waals surface area contributed by atoms with E-state index in [1.54, 1.807) is 32.9 Å². The summed E-state index contributed by atoms with van der Waals surface area (Å²) in [5.74, 6) is 1.20. The Morgan fingerprint density at radius 3 is 2.08 bits per heavy atom.